The summed E-state index contributed by atoms with van der Waals surface area (Å²) in [5.41, 5.74) is -1.43. The van der Waals surface area contributed by atoms with Gasteiger partial charge in [-0.2, -0.15) is 0 Å². The van der Waals surface area contributed by atoms with Crippen molar-refractivity contribution in [2.24, 2.45) is 0 Å². The summed E-state index contributed by atoms with van der Waals surface area (Å²) in [5.74, 6) is 0.329. The highest BCUT2D eigenvalue weighted by Crippen LogP contribution is 2.32. The number of aliphatic hydroxyl groups excluding tert-OH is 2. The van der Waals surface area contributed by atoms with Gasteiger partial charge in [-0.15, -0.1) is 0 Å². The van der Waals surface area contributed by atoms with Crippen LogP contribution < -0.4 is 21.6 Å². The maximum Gasteiger partial charge on any atom is 0.336 e. The SMILES string of the molecule is O=c1ccn([C@@H]2O[C@H](CO)[C@@H](O)[C@H]2Oc2ccc3oc(=O)ccc3c2)c(=O)[nH]1. The summed E-state index contributed by atoms with van der Waals surface area (Å²) in [7, 11) is 0. The molecule has 28 heavy (non-hydrogen) atoms. The highest BCUT2D eigenvalue weighted by Gasteiger charge is 2.46. The Bertz CT molecular complexity index is 1180. The Labute approximate surface area is 156 Å². The zero-order valence-electron chi connectivity index (χ0n) is 14.3. The van der Waals surface area contributed by atoms with E-state index in [2.05, 4.69) is 4.98 Å². The molecule has 10 heteroatoms. The first-order chi connectivity index (χ1) is 13.5. The van der Waals surface area contributed by atoms with E-state index in [1.54, 1.807) is 18.2 Å². The highest BCUT2D eigenvalue weighted by molar-refractivity contribution is 5.77. The van der Waals surface area contributed by atoms with Crippen LogP contribution in [0.5, 0.6) is 5.75 Å². The number of aromatic nitrogens is 2. The minimum absolute atomic E-state index is 0.329. The van der Waals surface area contributed by atoms with Gasteiger partial charge in [0.15, 0.2) is 12.3 Å². The molecule has 0 saturated carbocycles. The Kier molecular flexibility index (Phi) is 4.59. The van der Waals surface area contributed by atoms with Crippen molar-refractivity contribution in [1.29, 1.82) is 0 Å². The molecule has 3 aromatic rings. The van der Waals surface area contributed by atoms with Gasteiger partial charge >= 0.3 is 11.3 Å². The third-order valence-corrected chi connectivity index (χ3v) is 4.48. The van der Waals surface area contributed by atoms with Crippen molar-refractivity contribution in [1.82, 2.24) is 9.55 Å². The van der Waals surface area contributed by atoms with Crippen LogP contribution in [0.4, 0.5) is 0 Å². The molecular formula is C18H16N2O8. The minimum atomic E-state index is -1.24. The van der Waals surface area contributed by atoms with E-state index in [-0.39, 0.29) is 0 Å². The van der Waals surface area contributed by atoms with Crippen molar-refractivity contribution in [3.05, 3.63) is 73.9 Å². The predicted octanol–water partition coefficient (Wildman–Crippen LogP) is -0.659. The summed E-state index contributed by atoms with van der Waals surface area (Å²) in [5, 5.41) is 20.5. The molecular weight excluding hydrogens is 372 g/mol. The number of aromatic amines is 1. The van der Waals surface area contributed by atoms with E-state index >= 15 is 0 Å². The van der Waals surface area contributed by atoms with Crippen LogP contribution >= 0.6 is 0 Å². The molecule has 3 N–H and O–H groups in total. The number of fused-ring (bicyclic) bond motifs is 1. The largest absolute Gasteiger partial charge is 0.483 e. The quantitative estimate of drug-likeness (QED) is 0.500. The third-order valence-electron chi connectivity index (χ3n) is 4.48. The van der Waals surface area contributed by atoms with Crippen LogP contribution in [0.25, 0.3) is 11.0 Å². The first-order valence-corrected chi connectivity index (χ1v) is 8.43. The second kappa shape index (κ2) is 7.08. The van der Waals surface area contributed by atoms with Gasteiger partial charge in [0.05, 0.1) is 6.61 Å². The first kappa shape index (κ1) is 18.2. The molecule has 3 heterocycles. The van der Waals surface area contributed by atoms with Crippen molar-refractivity contribution in [3.63, 3.8) is 0 Å². The van der Waals surface area contributed by atoms with E-state index in [9.17, 15) is 24.6 Å². The fraction of sp³-hybridized carbons (Fsp3) is 0.278. The van der Waals surface area contributed by atoms with Crippen LogP contribution in [0.3, 0.4) is 0 Å². The van der Waals surface area contributed by atoms with E-state index < -0.39 is 48.0 Å². The van der Waals surface area contributed by atoms with Gasteiger partial charge in [-0.1, -0.05) is 0 Å². The number of hydrogen-bond acceptors (Lipinski definition) is 8. The molecule has 2 aromatic heterocycles. The minimum Gasteiger partial charge on any atom is -0.483 e. The number of nitrogens with zero attached hydrogens (tertiary/aromatic N) is 1. The van der Waals surface area contributed by atoms with E-state index in [1.165, 1.54) is 18.3 Å². The Morgan fingerprint density at radius 1 is 1.14 bits per heavy atom. The number of ether oxygens (including phenoxy) is 2. The number of hydrogen-bond donors (Lipinski definition) is 3. The lowest BCUT2D eigenvalue weighted by atomic mass is 10.1. The lowest BCUT2D eigenvalue weighted by Gasteiger charge is -2.23. The monoisotopic (exact) mass is 388 g/mol. The van der Waals surface area contributed by atoms with Gasteiger partial charge in [-0.3, -0.25) is 14.3 Å². The fourth-order valence-corrected chi connectivity index (χ4v) is 3.13. The lowest BCUT2D eigenvalue weighted by molar-refractivity contribution is -0.0523. The zero-order chi connectivity index (χ0) is 19.8. The molecule has 0 unspecified atom stereocenters. The number of aliphatic hydroxyl groups is 2. The smallest absolute Gasteiger partial charge is 0.336 e. The molecule has 1 fully saturated rings. The third kappa shape index (κ3) is 3.24. The predicted molar refractivity (Wildman–Crippen MR) is 95.2 cm³/mol. The molecule has 4 rings (SSSR count). The first-order valence-electron chi connectivity index (χ1n) is 8.43. The Morgan fingerprint density at radius 2 is 1.96 bits per heavy atom. The van der Waals surface area contributed by atoms with Gasteiger partial charge in [0, 0.05) is 23.7 Å². The average molecular weight is 388 g/mol. The van der Waals surface area contributed by atoms with E-state index in [0.29, 0.717) is 16.7 Å². The second-order valence-corrected chi connectivity index (χ2v) is 6.29. The van der Waals surface area contributed by atoms with Crippen molar-refractivity contribution in [2.75, 3.05) is 6.61 Å². The van der Waals surface area contributed by atoms with Crippen molar-refractivity contribution in [2.45, 2.75) is 24.5 Å². The van der Waals surface area contributed by atoms with Crippen molar-refractivity contribution < 1.29 is 24.1 Å². The molecule has 0 bridgehead atoms. The normalized spacial score (nSPS) is 24.5. The summed E-state index contributed by atoms with van der Waals surface area (Å²) < 4.78 is 17.6. The summed E-state index contributed by atoms with van der Waals surface area (Å²) in [6.45, 7) is -0.488. The topological polar surface area (TPSA) is 144 Å². The molecule has 0 spiro atoms. The van der Waals surface area contributed by atoms with Crippen molar-refractivity contribution in [3.8, 4) is 5.75 Å². The van der Waals surface area contributed by atoms with Gasteiger partial charge in [-0.05, 0) is 24.3 Å². The summed E-state index contributed by atoms with van der Waals surface area (Å²) in [4.78, 5) is 36.8. The molecule has 1 aliphatic rings. The van der Waals surface area contributed by atoms with Crippen LogP contribution in [0.15, 0.2) is 61.4 Å². The lowest BCUT2D eigenvalue weighted by Crippen LogP contribution is -2.41. The van der Waals surface area contributed by atoms with Gasteiger partial charge in [0.25, 0.3) is 5.56 Å². The van der Waals surface area contributed by atoms with Gasteiger partial charge in [0.1, 0.15) is 23.5 Å². The number of rotatable bonds is 4. The summed E-state index contributed by atoms with van der Waals surface area (Å²) in [6, 6.07) is 8.65. The maximum atomic E-state index is 12.1. The zero-order valence-corrected chi connectivity index (χ0v) is 14.3. The standard InChI is InChI=1S/C18H16N2O8/c21-8-12-15(24)16(17(28-12)20-6-5-13(22)19-18(20)25)26-10-2-3-11-9(7-10)1-4-14(23)27-11/h1-7,12,15-17,21,24H,8H2,(H,19,22,25)/t12-,15-,16-,17-/m1/s1. The number of nitrogens with one attached hydrogen (secondary N) is 1. The molecule has 1 aliphatic heterocycles. The van der Waals surface area contributed by atoms with E-state index in [4.69, 9.17) is 13.9 Å². The Balaban J connectivity index is 1.70. The average Bonchev–Trinajstić information content (AvgIpc) is 2.97. The second-order valence-electron chi connectivity index (χ2n) is 6.29. The summed E-state index contributed by atoms with van der Waals surface area (Å²) in [6.07, 6.45) is -3.12. The van der Waals surface area contributed by atoms with Crippen LogP contribution in [-0.2, 0) is 4.74 Å². The molecule has 1 aromatic carbocycles. The maximum absolute atomic E-state index is 12.1. The molecule has 4 atom stereocenters. The number of H-pyrrole nitrogens is 1. The van der Waals surface area contributed by atoms with Crippen LogP contribution in [0, 0.1) is 0 Å². The van der Waals surface area contributed by atoms with Crippen molar-refractivity contribution >= 4 is 11.0 Å². The Hall–Kier alpha value is -3.21. The van der Waals surface area contributed by atoms with Crippen LogP contribution in [0.1, 0.15) is 6.23 Å². The molecule has 0 amide bonds. The molecule has 10 nitrogen and oxygen atoms in total. The molecule has 0 aliphatic carbocycles. The van der Waals surface area contributed by atoms with E-state index in [1.807, 2.05) is 0 Å². The Morgan fingerprint density at radius 3 is 2.71 bits per heavy atom. The molecule has 1 saturated heterocycles. The van der Waals surface area contributed by atoms with Gasteiger partial charge < -0.3 is 24.1 Å². The summed E-state index contributed by atoms with van der Waals surface area (Å²) >= 11 is 0. The van der Waals surface area contributed by atoms with Crippen LogP contribution in [-0.4, -0.2) is 44.7 Å². The van der Waals surface area contributed by atoms with Gasteiger partial charge in [0.2, 0.25) is 0 Å². The van der Waals surface area contributed by atoms with Crippen LogP contribution in [0.2, 0.25) is 0 Å². The highest BCUT2D eigenvalue weighted by atomic mass is 16.6. The fourth-order valence-electron chi connectivity index (χ4n) is 3.13. The van der Waals surface area contributed by atoms with E-state index in [0.717, 1.165) is 10.6 Å². The molecule has 0 radical (unpaired) electrons. The number of benzene rings is 1. The molecule has 146 valence electrons. The van der Waals surface area contributed by atoms with Gasteiger partial charge in [-0.25, -0.2) is 9.59 Å².